The Kier molecular flexibility index (Phi) is 12.8. The highest BCUT2D eigenvalue weighted by Crippen LogP contribution is 2.56. The molecule has 282 valence electrons. The summed E-state index contributed by atoms with van der Waals surface area (Å²) < 4.78 is 11.9. The Bertz CT molecular complexity index is 1360. The molecular formula is C41H64O9. The first kappa shape index (κ1) is 40.6. The Morgan fingerprint density at radius 3 is 2.28 bits per heavy atom. The van der Waals surface area contributed by atoms with Gasteiger partial charge in [-0.15, -0.1) is 0 Å². The minimum atomic E-state index is -1.70. The highest BCUT2D eigenvalue weighted by Gasteiger charge is 2.60. The van der Waals surface area contributed by atoms with Crippen molar-refractivity contribution in [2.75, 3.05) is 7.11 Å². The van der Waals surface area contributed by atoms with Gasteiger partial charge in [0.25, 0.3) is 0 Å². The molecule has 9 heteroatoms. The van der Waals surface area contributed by atoms with Crippen LogP contribution in [-0.2, 0) is 28.7 Å². The number of allylic oxidation sites excluding steroid dienone is 3. The molecule has 0 spiro atoms. The van der Waals surface area contributed by atoms with Gasteiger partial charge in [-0.05, 0) is 83.6 Å². The fourth-order valence-electron chi connectivity index (χ4n) is 9.56. The Morgan fingerprint density at radius 1 is 0.960 bits per heavy atom. The molecule has 2 aliphatic heterocycles. The van der Waals surface area contributed by atoms with Crippen LogP contribution in [0.25, 0.3) is 0 Å². The van der Waals surface area contributed by atoms with E-state index in [1.54, 1.807) is 6.92 Å². The fraction of sp³-hybridized carbons (Fsp3) is 0.805. The van der Waals surface area contributed by atoms with Gasteiger partial charge in [0.1, 0.15) is 17.3 Å². The number of carbonyl (C=O) groups excluding carboxylic acids is 4. The molecule has 0 aromatic carbocycles. The second-order valence-corrected chi connectivity index (χ2v) is 17.4. The summed E-state index contributed by atoms with van der Waals surface area (Å²) in [7, 11) is 1.27. The first-order chi connectivity index (χ1) is 23.3. The lowest BCUT2D eigenvalue weighted by Gasteiger charge is -2.49. The van der Waals surface area contributed by atoms with Crippen molar-refractivity contribution in [1.29, 1.82) is 0 Å². The number of aliphatic hydroxyl groups excluding tert-OH is 2. The summed E-state index contributed by atoms with van der Waals surface area (Å²) in [5, 5.41) is 35.4. The number of aliphatic hydroxyl groups is 3. The molecule has 2 heterocycles. The molecular weight excluding hydrogens is 636 g/mol. The maximum absolute atomic E-state index is 14.7. The van der Waals surface area contributed by atoms with Gasteiger partial charge in [-0.1, -0.05) is 57.8 Å². The maximum atomic E-state index is 14.7. The van der Waals surface area contributed by atoms with Gasteiger partial charge in [0, 0.05) is 49.4 Å². The zero-order valence-corrected chi connectivity index (χ0v) is 32.0. The van der Waals surface area contributed by atoms with Crippen LogP contribution < -0.4 is 0 Å². The SMILES string of the molecule is COC(=O)C12CC(=O)C(C(C)C)CC(=O)C(C)CCCC(C)CC(=O)C1CC(C)=C1C(O)CC(C)(O)C3CCC(C)(O3)C(O)CCC(C)=CC12. The van der Waals surface area contributed by atoms with E-state index in [-0.39, 0.29) is 67.2 Å². The molecule has 0 aromatic rings. The van der Waals surface area contributed by atoms with Gasteiger partial charge in [-0.3, -0.25) is 19.2 Å². The van der Waals surface area contributed by atoms with Crippen molar-refractivity contribution < 1.29 is 44.0 Å². The van der Waals surface area contributed by atoms with E-state index < -0.39 is 58.7 Å². The minimum Gasteiger partial charge on any atom is -0.469 e. The zero-order valence-electron chi connectivity index (χ0n) is 32.0. The van der Waals surface area contributed by atoms with Crippen molar-refractivity contribution in [3.8, 4) is 0 Å². The monoisotopic (exact) mass is 700 g/mol. The third-order valence-corrected chi connectivity index (χ3v) is 13.0. The van der Waals surface area contributed by atoms with Crippen molar-refractivity contribution >= 4 is 23.3 Å². The second kappa shape index (κ2) is 15.8. The summed E-state index contributed by atoms with van der Waals surface area (Å²) in [6.07, 6.45) is 3.32. The third kappa shape index (κ3) is 8.21. The van der Waals surface area contributed by atoms with Crippen LogP contribution in [0.5, 0.6) is 0 Å². The number of ketones is 3. The molecule has 4 aliphatic rings. The number of Topliss-reactive ketones (excluding diaryl/α,β-unsaturated/α-hetero) is 3. The molecule has 1 saturated heterocycles. The van der Waals surface area contributed by atoms with Gasteiger partial charge >= 0.3 is 5.97 Å². The van der Waals surface area contributed by atoms with E-state index in [9.17, 15) is 34.5 Å². The summed E-state index contributed by atoms with van der Waals surface area (Å²) >= 11 is 0. The van der Waals surface area contributed by atoms with Crippen LogP contribution in [0, 0.1) is 40.9 Å². The Balaban J connectivity index is 1.98. The van der Waals surface area contributed by atoms with Gasteiger partial charge in [-0.25, -0.2) is 0 Å². The smallest absolute Gasteiger partial charge is 0.313 e. The lowest BCUT2D eigenvalue weighted by atomic mass is 9.52. The first-order valence-corrected chi connectivity index (χ1v) is 19.1. The molecule has 0 radical (unpaired) electrons. The van der Waals surface area contributed by atoms with E-state index in [0.717, 1.165) is 24.0 Å². The molecule has 2 fully saturated rings. The number of rotatable bonds is 2. The maximum Gasteiger partial charge on any atom is 0.313 e. The number of ether oxygens (including phenoxy) is 2. The average molecular weight is 701 g/mol. The fourth-order valence-corrected chi connectivity index (χ4v) is 9.56. The number of fused-ring (bicyclic) bond motifs is 5. The molecule has 2 bridgehead atoms. The van der Waals surface area contributed by atoms with Crippen molar-refractivity contribution in [1.82, 2.24) is 0 Å². The highest BCUT2D eigenvalue weighted by molar-refractivity contribution is 5.97. The Morgan fingerprint density at radius 2 is 1.64 bits per heavy atom. The van der Waals surface area contributed by atoms with E-state index >= 15 is 0 Å². The zero-order chi connectivity index (χ0) is 37.3. The van der Waals surface area contributed by atoms with Crippen LogP contribution in [-0.4, -0.2) is 75.3 Å². The summed E-state index contributed by atoms with van der Waals surface area (Å²) in [4.78, 5) is 57.4. The van der Waals surface area contributed by atoms with E-state index in [4.69, 9.17) is 9.47 Å². The van der Waals surface area contributed by atoms with Gasteiger partial charge in [-0.2, -0.15) is 0 Å². The Labute approximate surface area is 299 Å². The number of esters is 1. The van der Waals surface area contributed by atoms with Crippen molar-refractivity contribution in [2.45, 2.75) is 162 Å². The first-order valence-electron chi connectivity index (χ1n) is 19.1. The molecule has 50 heavy (non-hydrogen) atoms. The van der Waals surface area contributed by atoms with E-state index in [0.29, 0.717) is 37.7 Å². The van der Waals surface area contributed by atoms with Crippen molar-refractivity contribution in [3.63, 3.8) is 0 Å². The summed E-state index contributed by atoms with van der Waals surface area (Å²) in [5.41, 5.74) is -1.96. The van der Waals surface area contributed by atoms with Crippen LogP contribution >= 0.6 is 0 Å². The predicted molar refractivity (Wildman–Crippen MR) is 191 cm³/mol. The van der Waals surface area contributed by atoms with Gasteiger partial charge < -0.3 is 24.8 Å². The van der Waals surface area contributed by atoms with Crippen LogP contribution in [0.1, 0.15) is 132 Å². The molecule has 1 saturated carbocycles. The van der Waals surface area contributed by atoms with Gasteiger partial charge in [0.05, 0.1) is 42.0 Å². The van der Waals surface area contributed by atoms with Crippen LogP contribution in [0.4, 0.5) is 0 Å². The molecule has 11 unspecified atom stereocenters. The van der Waals surface area contributed by atoms with Crippen LogP contribution in [0.3, 0.4) is 0 Å². The normalized spacial score (nSPS) is 41.6. The molecule has 0 amide bonds. The quantitative estimate of drug-likeness (QED) is 0.225. The lowest BCUT2D eigenvalue weighted by Crippen LogP contribution is -2.55. The molecule has 2 aliphatic carbocycles. The number of hydrogen-bond acceptors (Lipinski definition) is 9. The van der Waals surface area contributed by atoms with Gasteiger partial charge in [0.2, 0.25) is 0 Å². The lowest BCUT2D eigenvalue weighted by molar-refractivity contribution is -0.169. The topological polar surface area (TPSA) is 147 Å². The summed E-state index contributed by atoms with van der Waals surface area (Å²) in [6.45, 7) is 15.0. The number of carbonyl (C=O) groups is 4. The largest absolute Gasteiger partial charge is 0.469 e. The summed E-state index contributed by atoms with van der Waals surface area (Å²) in [5.74, 6) is -3.92. The van der Waals surface area contributed by atoms with Crippen LogP contribution in [0.2, 0.25) is 0 Å². The molecule has 4 rings (SSSR count). The Hall–Kier alpha value is -2.20. The van der Waals surface area contributed by atoms with E-state index in [1.807, 2.05) is 54.5 Å². The molecule has 0 aromatic heterocycles. The molecule has 3 N–H and O–H groups in total. The van der Waals surface area contributed by atoms with Crippen LogP contribution in [0.15, 0.2) is 22.8 Å². The van der Waals surface area contributed by atoms with Crippen molar-refractivity contribution in [3.05, 3.63) is 22.8 Å². The molecule has 11 atom stereocenters. The van der Waals surface area contributed by atoms with E-state index in [2.05, 4.69) is 0 Å². The number of methoxy groups -OCH3 is 1. The van der Waals surface area contributed by atoms with E-state index in [1.165, 1.54) is 7.11 Å². The second-order valence-electron chi connectivity index (χ2n) is 17.4. The standard InChI is InChI=1S/C41H64O9/c1-23(2)28-20-31(42)26(5)12-10-11-24(3)18-32(43)29-19-27(6)37-30(41(29,22-33(28)44)38(47)49-9)17-25(4)13-14-35(46)40(8)16-15-36(50-40)39(7,48)21-34(37)45/h17,23-24,26,28-30,34-36,45-46,48H,10-16,18-22H2,1-9H3. The predicted octanol–water partition coefficient (Wildman–Crippen LogP) is 6.25. The highest BCUT2D eigenvalue weighted by atomic mass is 16.5. The summed E-state index contributed by atoms with van der Waals surface area (Å²) in [6, 6.07) is 0. The van der Waals surface area contributed by atoms with Gasteiger partial charge in [0.15, 0.2) is 0 Å². The minimum absolute atomic E-state index is 0.00387. The number of hydrogen-bond donors (Lipinski definition) is 3. The average Bonchev–Trinajstić information content (AvgIpc) is 3.45. The molecule has 9 nitrogen and oxygen atoms in total. The third-order valence-electron chi connectivity index (χ3n) is 13.0. The van der Waals surface area contributed by atoms with Crippen molar-refractivity contribution in [2.24, 2.45) is 40.9 Å².